The van der Waals surface area contributed by atoms with Crippen LogP contribution in [0.5, 0.6) is 17.2 Å². The first-order valence-corrected chi connectivity index (χ1v) is 9.72. The normalized spacial score (nSPS) is 18.4. The first kappa shape index (κ1) is 20.1. The Hall–Kier alpha value is -2.69. The van der Waals surface area contributed by atoms with Crippen LogP contribution in [-0.2, 0) is 4.79 Å². The van der Waals surface area contributed by atoms with E-state index in [9.17, 15) is 4.79 Å². The molecule has 1 aliphatic heterocycles. The fourth-order valence-corrected chi connectivity index (χ4v) is 3.53. The van der Waals surface area contributed by atoms with Gasteiger partial charge in [-0.05, 0) is 63.1 Å². The molecule has 28 heavy (non-hydrogen) atoms. The number of methoxy groups -OCH3 is 1. The minimum Gasteiger partial charge on any atom is -0.497 e. The average Bonchev–Trinajstić information content (AvgIpc) is 2.65. The Bertz CT molecular complexity index is 846. The molecule has 2 aromatic rings. The van der Waals surface area contributed by atoms with E-state index >= 15 is 0 Å². The van der Waals surface area contributed by atoms with Crippen LogP contribution in [0.1, 0.15) is 50.8 Å². The van der Waals surface area contributed by atoms with Crippen molar-refractivity contribution >= 4 is 5.91 Å². The Morgan fingerprint density at radius 3 is 2.71 bits per heavy atom. The monoisotopic (exact) mass is 383 g/mol. The molecule has 1 N–H and O–H groups in total. The van der Waals surface area contributed by atoms with Gasteiger partial charge in [0.25, 0.3) is 5.91 Å². The van der Waals surface area contributed by atoms with Crippen LogP contribution in [0.4, 0.5) is 0 Å². The van der Waals surface area contributed by atoms with Crippen LogP contribution in [0, 0.1) is 6.92 Å². The summed E-state index contributed by atoms with van der Waals surface area (Å²) in [6.07, 6.45) is 0.693. The lowest BCUT2D eigenvalue weighted by Gasteiger charge is -2.38. The molecular formula is C23H29NO4. The molecule has 3 rings (SSSR count). The second-order valence-corrected chi connectivity index (χ2v) is 7.86. The maximum Gasteiger partial charge on any atom is 0.261 e. The molecule has 2 atom stereocenters. The van der Waals surface area contributed by atoms with Crippen molar-refractivity contribution < 1.29 is 19.0 Å². The molecule has 150 valence electrons. The number of nitrogens with one attached hydrogen (secondary N) is 1. The second-order valence-electron chi connectivity index (χ2n) is 7.86. The maximum absolute atomic E-state index is 13.0. The third-order valence-corrected chi connectivity index (χ3v) is 4.92. The molecular weight excluding hydrogens is 354 g/mol. The zero-order valence-corrected chi connectivity index (χ0v) is 17.2. The van der Waals surface area contributed by atoms with E-state index in [4.69, 9.17) is 14.2 Å². The van der Waals surface area contributed by atoms with Gasteiger partial charge in [-0.1, -0.05) is 19.1 Å². The smallest absolute Gasteiger partial charge is 0.261 e. The van der Waals surface area contributed by atoms with E-state index in [0.717, 1.165) is 22.6 Å². The average molecular weight is 383 g/mol. The van der Waals surface area contributed by atoms with Crippen molar-refractivity contribution in [1.29, 1.82) is 0 Å². The number of carbonyl (C=O) groups is 1. The Labute approximate surface area is 167 Å². The lowest BCUT2D eigenvalue weighted by molar-refractivity contribution is -0.129. The molecule has 0 unspecified atom stereocenters. The van der Waals surface area contributed by atoms with E-state index in [1.165, 1.54) is 0 Å². The quantitative estimate of drug-likeness (QED) is 0.793. The summed E-state index contributed by atoms with van der Waals surface area (Å²) in [4.78, 5) is 13.0. The molecule has 1 amide bonds. The van der Waals surface area contributed by atoms with Crippen molar-refractivity contribution in [2.45, 2.75) is 58.3 Å². The molecule has 0 fully saturated rings. The van der Waals surface area contributed by atoms with Gasteiger partial charge in [0.05, 0.1) is 13.2 Å². The number of carbonyl (C=O) groups excluding carboxylic acids is 1. The van der Waals surface area contributed by atoms with Crippen LogP contribution >= 0.6 is 0 Å². The summed E-state index contributed by atoms with van der Waals surface area (Å²) >= 11 is 0. The molecule has 0 radical (unpaired) electrons. The Morgan fingerprint density at radius 2 is 2.04 bits per heavy atom. The fourth-order valence-electron chi connectivity index (χ4n) is 3.53. The number of aryl methyl sites for hydroxylation is 1. The van der Waals surface area contributed by atoms with E-state index in [1.807, 2.05) is 70.2 Å². The first-order valence-electron chi connectivity index (χ1n) is 9.72. The molecule has 5 nitrogen and oxygen atoms in total. The molecule has 0 bridgehead atoms. The summed E-state index contributed by atoms with van der Waals surface area (Å²) in [5.74, 6) is 2.09. The van der Waals surface area contributed by atoms with Gasteiger partial charge in [0.2, 0.25) is 0 Å². The van der Waals surface area contributed by atoms with Crippen LogP contribution < -0.4 is 19.5 Å². The summed E-state index contributed by atoms with van der Waals surface area (Å²) in [6.45, 7) is 8.01. The van der Waals surface area contributed by atoms with Crippen LogP contribution in [0.15, 0.2) is 42.5 Å². The van der Waals surface area contributed by atoms with Gasteiger partial charge in [0, 0.05) is 12.0 Å². The van der Waals surface area contributed by atoms with Gasteiger partial charge in [-0.2, -0.15) is 0 Å². The Kier molecular flexibility index (Phi) is 5.82. The van der Waals surface area contributed by atoms with E-state index in [1.54, 1.807) is 7.11 Å². The number of fused-ring (bicyclic) bond motifs is 1. The highest BCUT2D eigenvalue weighted by atomic mass is 16.5. The predicted molar refractivity (Wildman–Crippen MR) is 109 cm³/mol. The Balaban J connectivity index is 1.80. The van der Waals surface area contributed by atoms with Crippen LogP contribution in [0.3, 0.4) is 0 Å². The standard InChI is InChI=1S/C23H29NO4/c1-6-20(27-17-9-7-8-15(2)12-17)22(25)24-19-14-23(3,4)28-21-11-10-16(26-5)13-18(19)21/h7-13,19-20H,6,14H2,1-5H3,(H,24,25)/t19-,20+/m1/s1. The largest absolute Gasteiger partial charge is 0.497 e. The number of rotatable bonds is 6. The summed E-state index contributed by atoms with van der Waals surface area (Å²) < 4.78 is 17.4. The highest BCUT2D eigenvalue weighted by Gasteiger charge is 2.36. The van der Waals surface area contributed by atoms with Crippen molar-refractivity contribution in [3.05, 3.63) is 53.6 Å². The van der Waals surface area contributed by atoms with Gasteiger partial charge < -0.3 is 19.5 Å². The van der Waals surface area contributed by atoms with Gasteiger partial charge >= 0.3 is 0 Å². The van der Waals surface area contributed by atoms with E-state index < -0.39 is 6.10 Å². The van der Waals surface area contributed by atoms with E-state index in [-0.39, 0.29) is 17.6 Å². The summed E-state index contributed by atoms with van der Waals surface area (Å²) in [6, 6.07) is 13.3. The molecule has 5 heteroatoms. The molecule has 0 aromatic heterocycles. The first-order chi connectivity index (χ1) is 13.3. The molecule has 0 saturated carbocycles. The number of amides is 1. The third kappa shape index (κ3) is 4.58. The van der Waals surface area contributed by atoms with Gasteiger partial charge in [-0.25, -0.2) is 0 Å². The highest BCUT2D eigenvalue weighted by Crippen LogP contribution is 2.41. The number of hydrogen-bond acceptors (Lipinski definition) is 4. The molecule has 2 aromatic carbocycles. The molecule has 1 heterocycles. The number of ether oxygens (including phenoxy) is 3. The van der Waals surface area contributed by atoms with Crippen molar-refractivity contribution in [1.82, 2.24) is 5.32 Å². The molecule has 0 aliphatic carbocycles. The van der Waals surface area contributed by atoms with Crippen molar-refractivity contribution in [2.24, 2.45) is 0 Å². The second kappa shape index (κ2) is 8.13. The van der Waals surface area contributed by atoms with Crippen LogP contribution in [0.25, 0.3) is 0 Å². The van der Waals surface area contributed by atoms with Gasteiger partial charge in [0.15, 0.2) is 6.10 Å². The van der Waals surface area contributed by atoms with E-state index in [2.05, 4.69) is 5.32 Å². The Morgan fingerprint density at radius 1 is 1.25 bits per heavy atom. The lowest BCUT2D eigenvalue weighted by atomic mass is 9.89. The van der Waals surface area contributed by atoms with Crippen molar-refractivity contribution in [3.8, 4) is 17.2 Å². The summed E-state index contributed by atoms with van der Waals surface area (Å²) in [7, 11) is 1.63. The highest BCUT2D eigenvalue weighted by molar-refractivity contribution is 5.81. The van der Waals surface area contributed by atoms with Gasteiger partial charge in [-0.3, -0.25) is 4.79 Å². The molecule has 0 spiro atoms. The maximum atomic E-state index is 13.0. The zero-order valence-electron chi connectivity index (χ0n) is 17.2. The van der Waals surface area contributed by atoms with E-state index in [0.29, 0.717) is 18.6 Å². The van der Waals surface area contributed by atoms with Crippen LogP contribution in [0.2, 0.25) is 0 Å². The van der Waals surface area contributed by atoms with Gasteiger partial charge in [0.1, 0.15) is 22.8 Å². The lowest BCUT2D eigenvalue weighted by Crippen LogP contribution is -2.45. The minimum atomic E-state index is -0.554. The van der Waals surface area contributed by atoms with Crippen molar-refractivity contribution in [3.63, 3.8) is 0 Å². The zero-order chi connectivity index (χ0) is 20.3. The summed E-state index contributed by atoms with van der Waals surface area (Å²) in [5, 5.41) is 3.17. The molecule has 1 aliphatic rings. The summed E-state index contributed by atoms with van der Waals surface area (Å²) in [5.41, 5.74) is 1.65. The topological polar surface area (TPSA) is 56.8 Å². The molecule has 0 saturated heterocycles. The van der Waals surface area contributed by atoms with Gasteiger partial charge in [-0.15, -0.1) is 0 Å². The minimum absolute atomic E-state index is 0.125. The van der Waals surface area contributed by atoms with Crippen molar-refractivity contribution in [2.75, 3.05) is 7.11 Å². The fraction of sp³-hybridized carbons (Fsp3) is 0.435. The number of hydrogen-bond donors (Lipinski definition) is 1. The predicted octanol–water partition coefficient (Wildman–Crippen LogP) is 4.58. The third-order valence-electron chi connectivity index (χ3n) is 4.92. The SMILES string of the molecule is CC[C@H](Oc1cccc(C)c1)C(=O)N[C@@H]1CC(C)(C)Oc2ccc(OC)cc21. The number of benzene rings is 2. The van der Waals surface area contributed by atoms with Crippen LogP contribution in [-0.4, -0.2) is 24.7 Å².